The molecule has 2 rings (SSSR count). The number of hydrogen-bond acceptors (Lipinski definition) is 3. The van der Waals surface area contributed by atoms with Crippen molar-refractivity contribution in [1.29, 1.82) is 0 Å². The summed E-state index contributed by atoms with van der Waals surface area (Å²) in [6.07, 6.45) is 0.715. The van der Waals surface area contributed by atoms with Crippen molar-refractivity contribution in [2.24, 2.45) is 5.84 Å². The lowest BCUT2D eigenvalue weighted by molar-refractivity contribution is 0.553. The monoisotopic (exact) mass is 286 g/mol. The van der Waals surface area contributed by atoms with Crippen LogP contribution in [-0.4, -0.2) is 0 Å². The highest BCUT2D eigenvalue weighted by atomic mass is 35.5. The molecule has 0 saturated carbocycles. The van der Waals surface area contributed by atoms with Gasteiger partial charge in [-0.25, -0.2) is 0 Å². The molecule has 0 radical (unpaired) electrons. The molecule has 90 valence electrons. The third-order valence-corrected chi connectivity index (χ3v) is 3.88. The van der Waals surface area contributed by atoms with Gasteiger partial charge in [-0.2, -0.15) is 11.3 Å². The first-order chi connectivity index (χ1) is 8.20. The molecule has 1 atom stereocenters. The van der Waals surface area contributed by atoms with Gasteiger partial charge in [-0.1, -0.05) is 23.2 Å². The quantitative estimate of drug-likeness (QED) is 0.663. The predicted octanol–water partition coefficient (Wildman–Crippen LogP) is 3.80. The van der Waals surface area contributed by atoms with E-state index in [-0.39, 0.29) is 6.04 Å². The van der Waals surface area contributed by atoms with E-state index in [9.17, 15) is 0 Å². The largest absolute Gasteiger partial charge is 0.271 e. The molecular weight excluding hydrogens is 275 g/mol. The fourth-order valence-electron chi connectivity index (χ4n) is 1.67. The minimum atomic E-state index is 0.0530. The van der Waals surface area contributed by atoms with Gasteiger partial charge in [0, 0.05) is 10.0 Å². The molecular formula is C12H12Cl2N2S. The van der Waals surface area contributed by atoms with E-state index in [0.29, 0.717) is 16.5 Å². The van der Waals surface area contributed by atoms with Crippen LogP contribution in [0.2, 0.25) is 10.0 Å². The van der Waals surface area contributed by atoms with Crippen molar-refractivity contribution in [2.45, 2.75) is 12.5 Å². The molecule has 0 aliphatic rings. The van der Waals surface area contributed by atoms with Crippen molar-refractivity contribution in [3.05, 3.63) is 56.2 Å². The molecule has 0 saturated heterocycles. The van der Waals surface area contributed by atoms with E-state index in [2.05, 4.69) is 10.8 Å². The number of hydrazine groups is 1. The van der Waals surface area contributed by atoms with Gasteiger partial charge >= 0.3 is 0 Å². The fourth-order valence-corrected chi connectivity index (χ4v) is 2.77. The molecule has 1 aromatic heterocycles. The van der Waals surface area contributed by atoms with Crippen molar-refractivity contribution in [1.82, 2.24) is 5.43 Å². The molecule has 0 aliphatic heterocycles. The van der Waals surface area contributed by atoms with E-state index >= 15 is 0 Å². The molecule has 0 spiro atoms. The Morgan fingerprint density at radius 2 is 2.12 bits per heavy atom. The Morgan fingerprint density at radius 1 is 1.29 bits per heavy atom. The molecule has 17 heavy (non-hydrogen) atoms. The van der Waals surface area contributed by atoms with Crippen molar-refractivity contribution >= 4 is 34.5 Å². The van der Waals surface area contributed by atoms with Crippen molar-refractivity contribution in [2.75, 3.05) is 0 Å². The first-order valence-corrected chi connectivity index (χ1v) is 6.82. The normalized spacial score (nSPS) is 12.6. The van der Waals surface area contributed by atoms with Crippen LogP contribution in [0.4, 0.5) is 0 Å². The van der Waals surface area contributed by atoms with Gasteiger partial charge in [0.2, 0.25) is 0 Å². The molecule has 0 aliphatic carbocycles. The smallest absolute Gasteiger partial charge is 0.0509 e. The van der Waals surface area contributed by atoms with Gasteiger partial charge in [0.1, 0.15) is 0 Å². The second-order valence-corrected chi connectivity index (χ2v) is 5.34. The van der Waals surface area contributed by atoms with Crippen LogP contribution >= 0.6 is 34.5 Å². The summed E-state index contributed by atoms with van der Waals surface area (Å²) in [4.78, 5) is 0. The average molecular weight is 287 g/mol. The molecule has 2 aromatic rings. The highest BCUT2D eigenvalue weighted by Crippen LogP contribution is 2.26. The number of rotatable bonds is 4. The minimum Gasteiger partial charge on any atom is -0.271 e. The third-order valence-electron chi connectivity index (χ3n) is 2.58. The zero-order chi connectivity index (χ0) is 12.3. The Morgan fingerprint density at radius 3 is 2.76 bits per heavy atom. The summed E-state index contributed by atoms with van der Waals surface area (Å²) in [5, 5.41) is 5.50. The minimum absolute atomic E-state index is 0.0530. The lowest BCUT2D eigenvalue weighted by Gasteiger charge is -2.15. The Bertz CT molecular complexity index is 485. The van der Waals surface area contributed by atoms with Crippen LogP contribution in [0.25, 0.3) is 0 Å². The lowest BCUT2D eigenvalue weighted by Crippen LogP contribution is -2.29. The average Bonchev–Trinajstić information content (AvgIpc) is 2.84. The Labute approximate surface area is 114 Å². The lowest BCUT2D eigenvalue weighted by atomic mass is 10.0. The number of benzene rings is 1. The molecule has 5 heteroatoms. The maximum Gasteiger partial charge on any atom is 0.0509 e. The second kappa shape index (κ2) is 5.85. The first kappa shape index (κ1) is 12.9. The number of hydrogen-bond donors (Lipinski definition) is 2. The summed E-state index contributed by atoms with van der Waals surface area (Å²) in [6.45, 7) is 0. The molecule has 1 unspecified atom stereocenters. The fraction of sp³-hybridized carbons (Fsp3) is 0.167. The maximum absolute atomic E-state index is 6.13. The van der Waals surface area contributed by atoms with Gasteiger partial charge in [0.15, 0.2) is 0 Å². The summed E-state index contributed by atoms with van der Waals surface area (Å²) < 4.78 is 0. The third kappa shape index (κ3) is 3.21. The van der Waals surface area contributed by atoms with Crippen molar-refractivity contribution in [3.63, 3.8) is 0 Å². The molecule has 1 aromatic carbocycles. The molecule has 0 fully saturated rings. The summed E-state index contributed by atoms with van der Waals surface area (Å²) >= 11 is 13.7. The molecule has 1 heterocycles. The van der Waals surface area contributed by atoms with E-state index in [1.807, 2.05) is 17.5 Å². The van der Waals surface area contributed by atoms with Crippen molar-refractivity contribution < 1.29 is 0 Å². The SMILES string of the molecule is NNC(Cc1cc(Cl)ccc1Cl)c1ccsc1. The second-order valence-electron chi connectivity index (χ2n) is 3.72. The van der Waals surface area contributed by atoms with Gasteiger partial charge in [-0.3, -0.25) is 11.3 Å². The van der Waals surface area contributed by atoms with Crippen LogP contribution in [0, 0.1) is 0 Å². The van der Waals surface area contributed by atoms with E-state index in [1.165, 1.54) is 0 Å². The number of nitrogens with two attached hydrogens (primary N) is 1. The van der Waals surface area contributed by atoms with E-state index in [0.717, 1.165) is 11.1 Å². The van der Waals surface area contributed by atoms with Crippen LogP contribution in [-0.2, 0) is 6.42 Å². The van der Waals surface area contributed by atoms with Gasteiger partial charge in [0.25, 0.3) is 0 Å². The molecule has 3 N–H and O–H groups in total. The highest BCUT2D eigenvalue weighted by molar-refractivity contribution is 7.07. The van der Waals surface area contributed by atoms with Crippen LogP contribution in [0.5, 0.6) is 0 Å². The van der Waals surface area contributed by atoms with E-state index in [1.54, 1.807) is 23.5 Å². The zero-order valence-corrected chi connectivity index (χ0v) is 11.3. The standard InChI is InChI=1S/C12H12Cl2N2S/c13-10-1-2-11(14)9(5-10)6-12(16-15)8-3-4-17-7-8/h1-5,7,12,16H,6,15H2. The van der Waals surface area contributed by atoms with Crippen LogP contribution < -0.4 is 11.3 Å². The number of thiophene rings is 1. The number of nitrogens with one attached hydrogen (secondary N) is 1. The number of halogens is 2. The molecule has 2 nitrogen and oxygen atoms in total. The molecule has 0 amide bonds. The Kier molecular flexibility index (Phi) is 4.42. The van der Waals surface area contributed by atoms with Gasteiger partial charge in [-0.15, -0.1) is 0 Å². The Hall–Kier alpha value is -0.580. The summed E-state index contributed by atoms with van der Waals surface area (Å²) in [6, 6.07) is 7.56. The summed E-state index contributed by atoms with van der Waals surface area (Å²) in [5.41, 5.74) is 4.96. The van der Waals surface area contributed by atoms with Crippen LogP contribution in [0.3, 0.4) is 0 Å². The van der Waals surface area contributed by atoms with Crippen LogP contribution in [0.1, 0.15) is 17.2 Å². The predicted molar refractivity (Wildman–Crippen MR) is 74.5 cm³/mol. The molecule has 0 bridgehead atoms. The van der Waals surface area contributed by atoms with E-state index < -0.39 is 0 Å². The topological polar surface area (TPSA) is 38.0 Å². The Balaban J connectivity index is 2.21. The van der Waals surface area contributed by atoms with Gasteiger partial charge in [0.05, 0.1) is 6.04 Å². The van der Waals surface area contributed by atoms with Crippen molar-refractivity contribution in [3.8, 4) is 0 Å². The van der Waals surface area contributed by atoms with Crippen LogP contribution in [0.15, 0.2) is 35.0 Å². The maximum atomic E-state index is 6.13. The highest BCUT2D eigenvalue weighted by Gasteiger charge is 2.13. The van der Waals surface area contributed by atoms with Gasteiger partial charge in [-0.05, 0) is 52.6 Å². The van der Waals surface area contributed by atoms with E-state index in [4.69, 9.17) is 29.0 Å². The summed E-state index contributed by atoms with van der Waals surface area (Å²) in [5.74, 6) is 5.58. The zero-order valence-electron chi connectivity index (χ0n) is 8.99. The first-order valence-electron chi connectivity index (χ1n) is 5.13. The van der Waals surface area contributed by atoms with Gasteiger partial charge < -0.3 is 0 Å². The summed E-state index contributed by atoms with van der Waals surface area (Å²) in [7, 11) is 0.